The molecule has 4 aliphatic rings. The molecule has 3 saturated carbocycles. The highest BCUT2D eigenvalue weighted by molar-refractivity contribution is 4.96. The molecule has 0 amide bonds. The van der Waals surface area contributed by atoms with Crippen LogP contribution in [0.3, 0.4) is 0 Å². The lowest BCUT2D eigenvalue weighted by Gasteiger charge is -2.34. The van der Waals surface area contributed by atoms with Gasteiger partial charge in [-0.05, 0) is 75.5 Å². The molecule has 8 N–H and O–H groups in total. The Morgan fingerprint density at radius 2 is 1.09 bits per heavy atom. The van der Waals surface area contributed by atoms with E-state index < -0.39 is 0 Å². The van der Waals surface area contributed by atoms with E-state index in [1.807, 2.05) is 12.2 Å². The Kier molecular flexibility index (Phi) is 14.3. The SMILES string of the molecule is C=CC1CCC(NCCNC2CCC(C=C)CC2O)C(O)C1.C=CC1CCC2OC2C1.NCCN. The monoisotopic (exact) mass is 492 g/mol. The molecule has 9 atom stereocenters. The van der Waals surface area contributed by atoms with Gasteiger partial charge >= 0.3 is 0 Å². The molecule has 0 radical (unpaired) electrons. The van der Waals surface area contributed by atoms with Gasteiger partial charge < -0.3 is 37.1 Å². The minimum Gasteiger partial charge on any atom is -0.391 e. The average molecular weight is 493 g/mol. The first-order chi connectivity index (χ1) is 16.9. The van der Waals surface area contributed by atoms with Crippen LogP contribution in [0, 0.1) is 17.8 Å². The number of fused-ring (bicyclic) bond motifs is 1. The van der Waals surface area contributed by atoms with Gasteiger partial charge in [-0.2, -0.15) is 0 Å². The van der Waals surface area contributed by atoms with Crippen LogP contribution in [0.15, 0.2) is 38.0 Å². The molecule has 35 heavy (non-hydrogen) atoms. The molecule has 0 bridgehead atoms. The van der Waals surface area contributed by atoms with E-state index >= 15 is 0 Å². The van der Waals surface area contributed by atoms with Gasteiger partial charge in [0.05, 0.1) is 24.4 Å². The van der Waals surface area contributed by atoms with Crippen molar-refractivity contribution < 1.29 is 14.9 Å². The van der Waals surface area contributed by atoms with Gasteiger partial charge in [-0.3, -0.25) is 0 Å². The second-order valence-electron chi connectivity index (χ2n) is 10.5. The number of nitrogens with one attached hydrogen (secondary N) is 2. The first-order valence-electron chi connectivity index (χ1n) is 13.7. The van der Waals surface area contributed by atoms with Crippen molar-refractivity contribution in [1.29, 1.82) is 0 Å². The van der Waals surface area contributed by atoms with E-state index in [0.717, 1.165) is 57.5 Å². The topological polar surface area (TPSA) is 129 Å². The van der Waals surface area contributed by atoms with Crippen molar-refractivity contribution in [3.63, 3.8) is 0 Å². The number of allylic oxidation sites excluding steroid dienone is 3. The van der Waals surface area contributed by atoms with Gasteiger partial charge in [0.25, 0.3) is 0 Å². The van der Waals surface area contributed by atoms with Crippen molar-refractivity contribution in [2.24, 2.45) is 29.2 Å². The van der Waals surface area contributed by atoms with Crippen LogP contribution in [0.4, 0.5) is 0 Å². The maximum atomic E-state index is 10.1. The number of ether oxygens (including phenoxy) is 1. The van der Waals surface area contributed by atoms with Crippen molar-refractivity contribution in [2.45, 2.75) is 94.3 Å². The number of aliphatic hydroxyl groups is 2. The van der Waals surface area contributed by atoms with Gasteiger partial charge in [0.2, 0.25) is 0 Å². The third-order valence-corrected chi connectivity index (χ3v) is 7.86. The summed E-state index contributed by atoms with van der Waals surface area (Å²) in [6, 6.07) is 0.388. The normalized spacial score (nSPS) is 37.9. The minimum absolute atomic E-state index is 0.194. The van der Waals surface area contributed by atoms with Crippen molar-refractivity contribution in [3.05, 3.63) is 38.0 Å². The molecule has 3 aliphatic carbocycles. The Morgan fingerprint density at radius 1 is 0.657 bits per heavy atom. The largest absolute Gasteiger partial charge is 0.391 e. The zero-order valence-electron chi connectivity index (χ0n) is 21.7. The van der Waals surface area contributed by atoms with Gasteiger partial charge in [0.1, 0.15) is 0 Å². The summed E-state index contributed by atoms with van der Waals surface area (Å²) in [6.45, 7) is 14.3. The first kappa shape index (κ1) is 30.2. The van der Waals surface area contributed by atoms with Crippen molar-refractivity contribution in [2.75, 3.05) is 26.2 Å². The summed E-state index contributed by atoms with van der Waals surface area (Å²) in [5.74, 6) is 1.66. The Balaban J connectivity index is 0.000000270. The molecule has 0 spiro atoms. The first-order valence-corrected chi connectivity index (χ1v) is 13.7. The van der Waals surface area contributed by atoms with Crippen LogP contribution in [0.1, 0.15) is 57.8 Å². The molecule has 7 heteroatoms. The molecule has 1 saturated heterocycles. The summed E-state index contributed by atoms with van der Waals surface area (Å²) < 4.78 is 5.36. The Labute approximate surface area is 213 Å². The van der Waals surface area contributed by atoms with Crippen LogP contribution in [-0.4, -0.2) is 72.9 Å². The van der Waals surface area contributed by atoms with E-state index in [4.69, 9.17) is 16.2 Å². The summed E-state index contributed by atoms with van der Waals surface area (Å²) in [7, 11) is 0. The molecule has 4 rings (SSSR count). The lowest BCUT2D eigenvalue weighted by Crippen LogP contribution is -2.49. The van der Waals surface area contributed by atoms with Crippen LogP contribution in [0.25, 0.3) is 0 Å². The third-order valence-electron chi connectivity index (χ3n) is 7.86. The molecule has 0 aromatic rings. The van der Waals surface area contributed by atoms with Crippen LogP contribution in [0.2, 0.25) is 0 Å². The van der Waals surface area contributed by atoms with Gasteiger partial charge in [-0.1, -0.05) is 18.2 Å². The molecular weight excluding hydrogens is 440 g/mol. The summed E-state index contributed by atoms with van der Waals surface area (Å²) in [5, 5.41) is 27.2. The predicted octanol–water partition coefficient (Wildman–Crippen LogP) is 2.24. The van der Waals surface area contributed by atoms with Crippen LogP contribution < -0.4 is 22.1 Å². The van der Waals surface area contributed by atoms with Crippen LogP contribution >= 0.6 is 0 Å². The van der Waals surface area contributed by atoms with Gasteiger partial charge in [0.15, 0.2) is 0 Å². The van der Waals surface area contributed by atoms with Gasteiger partial charge in [-0.25, -0.2) is 0 Å². The average Bonchev–Trinajstić information content (AvgIpc) is 3.67. The summed E-state index contributed by atoms with van der Waals surface area (Å²) >= 11 is 0. The highest BCUT2D eigenvalue weighted by atomic mass is 16.6. The molecule has 202 valence electrons. The Morgan fingerprint density at radius 3 is 1.46 bits per heavy atom. The number of hydrogen-bond acceptors (Lipinski definition) is 7. The smallest absolute Gasteiger partial charge is 0.0847 e. The molecule has 1 heterocycles. The lowest BCUT2D eigenvalue weighted by atomic mass is 9.84. The van der Waals surface area contributed by atoms with Gasteiger partial charge in [-0.15, -0.1) is 19.7 Å². The highest BCUT2D eigenvalue weighted by Crippen LogP contribution is 2.39. The van der Waals surface area contributed by atoms with Crippen LogP contribution in [-0.2, 0) is 4.74 Å². The zero-order valence-corrected chi connectivity index (χ0v) is 21.7. The van der Waals surface area contributed by atoms with Gasteiger partial charge in [0, 0.05) is 38.3 Å². The lowest BCUT2D eigenvalue weighted by molar-refractivity contribution is 0.0695. The second-order valence-corrected chi connectivity index (χ2v) is 10.5. The summed E-state index contributed by atoms with van der Waals surface area (Å²) in [5.41, 5.74) is 9.81. The number of rotatable bonds is 9. The highest BCUT2D eigenvalue weighted by Gasteiger charge is 2.42. The predicted molar refractivity (Wildman–Crippen MR) is 145 cm³/mol. The van der Waals surface area contributed by atoms with E-state index in [2.05, 4.69) is 36.4 Å². The van der Waals surface area contributed by atoms with E-state index in [1.54, 1.807) is 0 Å². The number of hydrogen-bond donors (Lipinski definition) is 6. The molecule has 9 unspecified atom stereocenters. The fourth-order valence-corrected chi connectivity index (χ4v) is 5.43. The molecule has 7 nitrogen and oxygen atoms in total. The number of epoxide rings is 1. The molecule has 1 aliphatic heterocycles. The Bertz CT molecular complexity index is 583. The standard InChI is InChI=1S/C18H32N2O2.C8H12O.C2H8N2/c1-3-13-5-7-15(17(21)11-13)19-9-10-20-16-8-6-14(4-2)12-18(16)22;1-2-6-3-4-7-8(5-6)9-7;3-1-2-4/h3-4,13-22H,1-2,5-12H2;2,6-8H,1,3-5H2;1-4H2. The second kappa shape index (κ2) is 16.6. The van der Waals surface area contributed by atoms with E-state index in [9.17, 15) is 10.2 Å². The Hall–Kier alpha value is -1.06. The maximum Gasteiger partial charge on any atom is 0.0847 e. The summed E-state index contributed by atoms with van der Waals surface area (Å²) in [4.78, 5) is 0. The quantitative estimate of drug-likeness (QED) is 0.165. The number of aliphatic hydroxyl groups excluding tert-OH is 2. The fourth-order valence-electron chi connectivity index (χ4n) is 5.43. The molecule has 0 aromatic carbocycles. The molecule has 0 aromatic heterocycles. The molecular formula is C28H52N4O3. The minimum atomic E-state index is -0.273. The molecule has 4 fully saturated rings. The fraction of sp³-hybridized carbons (Fsp3) is 0.786. The van der Waals surface area contributed by atoms with E-state index in [0.29, 0.717) is 37.1 Å². The van der Waals surface area contributed by atoms with Crippen molar-refractivity contribution >= 4 is 0 Å². The number of nitrogens with two attached hydrogens (primary N) is 2. The van der Waals surface area contributed by atoms with E-state index in [1.165, 1.54) is 19.3 Å². The third kappa shape index (κ3) is 10.8. The van der Waals surface area contributed by atoms with Crippen molar-refractivity contribution in [3.8, 4) is 0 Å². The summed E-state index contributed by atoms with van der Waals surface area (Å²) in [6.07, 6.45) is 16.3. The maximum absolute atomic E-state index is 10.1. The van der Waals surface area contributed by atoms with Crippen LogP contribution in [0.5, 0.6) is 0 Å². The van der Waals surface area contributed by atoms with Crippen molar-refractivity contribution in [1.82, 2.24) is 10.6 Å². The van der Waals surface area contributed by atoms with E-state index in [-0.39, 0.29) is 24.3 Å². The zero-order chi connectivity index (χ0) is 25.6.